The number of halogens is 2. The Balaban J connectivity index is 1.23. The Bertz CT molecular complexity index is 1710. The van der Waals surface area contributed by atoms with E-state index >= 15 is 0 Å². The van der Waals surface area contributed by atoms with Crippen LogP contribution in [0.3, 0.4) is 0 Å². The molecule has 5 rings (SSSR count). The lowest BCUT2D eigenvalue weighted by molar-refractivity contribution is 0.0955. The maximum absolute atomic E-state index is 12.8. The number of amides is 1. The number of hydrazone groups is 1. The first kappa shape index (κ1) is 29.0. The SMILES string of the molecule is CCOc1cc(/C=N/NC(=O)c2ccc(-n3c(C)ccc3-c3ccccc3)cc2)ccc1OCc1ccc(Cl)c(Cl)c1. The van der Waals surface area contributed by atoms with Gasteiger partial charge in [-0.3, -0.25) is 4.79 Å². The van der Waals surface area contributed by atoms with Crippen LogP contribution in [0.5, 0.6) is 11.5 Å². The summed E-state index contributed by atoms with van der Waals surface area (Å²) >= 11 is 12.1. The van der Waals surface area contributed by atoms with Gasteiger partial charge in [0.2, 0.25) is 0 Å². The van der Waals surface area contributed by atoms with Gasteiger partial charge in [-0.2, -0.15) is 5.10 Å². The second-order valence-corrected chi connectivity index (χ2v) is 10.3. The van der Waals surface area contributed by atoms with Crippen molar-refractivity contribution in [2.45, 2.75) is 20.5 Å². The number of hydrogen-bond acceptors (Lipinski definition) is 4. The molecule has 1 aromatic heterocycles. The topological polar surface area (TPSA) is 64.8 Å². The van der Waals surface area contributed by atoms with E-state index in [0.29, 0.717) is 40.3 Å². The minimum Gasteiger partial charge on any atom is -0.490 e. The van der Waals surface area contributed by atoms with Crippen LogP contribution in [0.4, 0.5) is 0 Å². The minimum atomic E-state index is -0.308. The summed E-state index contributed by atoms with van der Waals surface area (Å²) in [5.74, 6) is 0.841. The number of carbonyl (C=O) groups is 1. The standard InChI is InChI=1S/C34H29Cl2N3O3/c1-3-41-33-20-24(11-18-32(33)42-22-25-10-16-29(35)30(36)19-25)21-37-38-34(40)27-12-14-28(15-13-27)39-23(2)9-17-31(39)26-7-5-4-6-8-26/h4-21H,3,22H2,1-2H3,(H,38,40)/b37-21+. The summed E-state index contributed by atoms with van der Waals surface area (Å²) < 4.78 is 13.9. The molecule has 6 nitrogen and oxygen atoms in total. The van der Waals surface area contributed by atoms with Gasteiger partial charge in [0, 0.05) is 16.9 Å². The zero-order valence-electron chi connectivity index (χ0n) is 23.2. The summed E-state index contributed by atoms with van der Waals surface area (Å²) in [6.45, 7) is 4.73. The number of benzene rings is 4. The number of nitrogens with zero attached hydrogens (tertiary/aromatic N) is 2. The van der Waals surface area contributed by atoms with Gasteiger partial charge in [-0.25, -0.2) is 5.43 Å². The Morgan fingerprint density at radius 2 is 1.64 bits per heavy atom. The summed E-state index contributed by atoms with van der Waals surface area (Å²) in [5.41, 5.74) is 9.02. The number of aryl methyl sites for hydroxylation is 1. The summed E-state index contributed by atoms with van der Waals surface area (Å²) in [6.07, 6.45) is 1.56. The molecular formula is C34H29Cl2N3O3. The molecule has 212 valence electrons. The van der Waals surface area contributed by atoms with E-state index < -0.39 is 0 Å². The summed E-state index contributed by atoms with van der Waals surface area (Å²) in [5, 5.41) is 5.11. The van der Waals surface area contributed by atoms with Crippen LogP contribution in [0.1, 0.15) is 34.1 Å². The van der Waals surface area contributed by atoms with Crippen molar-refractivity contribution < 1.29 is 14.3 Å². The third-order valence-corrected chi connectivity index (χ3v) is 7.30. The molecule has 0 fully saturated rings. The van der Waals surface area contributed by atoms with Crippen LogP contribution in [0, 0.1) is 6.92 Å². The molecule has 0 spiro atoms. The molecule has 8 heteroatoms. The van der Waals surface area contributed by atoms with Crippen LogP contribution in [-0.4, -0.2) is 23.3 Å². The smallest absolute Gasteiger partial charge is 0.271 e. The van der Waals surface area contributed by atoms with E-state index in [2.05, 4.69) is 46.3 Å². The van der Waals surface area contributed by atoms with Crippen LogP contribution in [0.25, 0.3) is 16.9 Å². The van der Waals surface area contributed by atoms with Crippen molar-refractivity contribution in [3.05, 3.63) is 136 Å². The number of nitrogens with one attached hydrogen (secondary N) is 1. The molecule has 0 unspecified atom stereocenters. The number of hydrogen-bond donors (Lipinski definition) is 1. The molecule has 0 radical (unpaired) electrons. The fraction of sp³-hybridized carbons (Fsp3) is 0.118. The first-order valence-corrected chi connectivity index (χ1v) is 14.2. The van der Waals surface area contributed by atoms with Crippen LogP contribution in [-0.2, 0) is 6.61 Å². The molecule has 1 N–H and O–H groups in total. The predicted molar refractivity (Wildman–Crippen MR) is 169 cm³/mol. The van der Waals surface area contributed by atoms with Crippen LogP contribution >= 0.6 is 23.2 Å². The van der Waals surface area contributed by atoms with Crippen molar-refractivity contribution >= 4 is 35.3 Å². The first-order chi connectivity index (χ1) is 20.4. The Morgan fingerprint density at radius 3 is 2.38 bits per heavy atom. The molecule has 0 bridgehead atoms. The van der Waals surface area contributed by atoms with Gasteiger partial charge < -0.3 is 14.0 Å². The van der Waals surface area contributed by atoms with E-state index in [1.807, 2.05) is 55.5 Å². The molecule has 42 heavy (non-hydrogen) atoms. The van der Waals surface area contributed by atoms with E-state index in [-0.39, 0.29) is 5.91 Å². The van der Waals surface area contributed by atoms with Gasteiger partial charge in [-0.1, -0.05) is 59.6 Å². The lowest BCUT2D eigenvalue weighted by atomic mass is 10.1. The highest BCUT2D eigenvalue weighted by Gasteiger charge is 2.11. The fourth-order valence-electron chi connectivity index (χ4n) is 4.49. The minimum absolute atomic E-state index is 0.302. The summed E-state index contributed by atoms with van der Waals surface area (Å²) in [6, 6.07) is 32.7. The van der Waals surface area contributed by atoms with E-state index in [4.69, 9.17) is 32.7 Å². The molecular weight excluding hydrogens is 569 g/mol. The van der Waals surface area contributed by atoms with E-state index in [1.54, 1.807) is 36.5 Å². The lowest BCUT2D eigenvalue weighted by Crippen LogP contribution is -2.17. The monoisotopic (exact) mass is 597 g/mol. The maximum Gasteiger partial charge on any atom is 0.271 e. The molecule has 4 aromatic carbocycles. The largest absolute Gasteiger partial charge is 0.490 e. The molecule has 0 saturated carbocycles. The Kier molecular flexibility index (Phi) is 9.27. The van der Waals surface area contributed by atoms with Crippen molar-refractivity contribution in [2.24, 2.45) is 5.10 Å². The van der Waals surface area contributed by atoms with Crippen molar-refractivity contribution in [3.8, 4) is 28.4 Å². The lowest BCUT2D eigenvalue weighted by Gasteiger charge is -2.13. The molecule has 0 saturated heterocycles. The Labute approximate surface area is 255 Å². The van der Waals surface area contributed by atoms with Crippen LogP contribution in [0.15, 0.2) is 108 Å². The molecule has 1 amide bonds. The zero-order valence-corrected chi connectivity index (χ0v) is 24.7. The van der Waals surface area contributed by atoms with Crippen LogP contribution < -0.4 is 14.9 Å². The van der Waals surface area contributed by atoms with Gasteiger partial charge >= 0.3 is 0 Å². The van der Waals surface area contributed by atoms with Crippen molar-refractivity contribution in [2.75, 3.05) is 6.61 Å². The van der Waals surface area contributed by atoms with Gasteiger partial charge in [0.25, 0.3) is 5.91 Å². The third kappa shape index (κ3) is 6.85. The van der Waals surface area contributed by atoms with Crippen molar-refractivity contribution in [3.63, 3.8) is 0 Å². The normalized spacial score (nSPS) is 11.0. The average molecular weight is 599 g/mol. The molecule has 0 aliphatic heterocycles. The molecule has 0 atom stereocenters. The molecule has 1 heterocycles. The van der Waals surface area contributed by atoms with Gasteiger partial charge in [-0.15, -0.1) is 0 Å². The third-order valence-electron chi connectivity index (χ3n) is 6.56. The second kappa shape index (κ2) is 13.4. The van der Waals surface area contributed by atoms with Gasteiger partial charge in [0.1, 0.15) is 6.61 Å². The average Bonchev–Trinajstić information content (AvgIpc) is 3.40. The quantitative estimate of drug-likeness (QED) is 0.130. The number of ether oxygens (including phenoxy) is 2. The highest BCUT2D eigenvalue weighted by molar-refractivity contribution is 6.42. The molecule has 0 aliphatic rings. The summed E-state index contributed by atoms with van der Waals surface area (Å²) in [4.78, 5) is 12.8. The van der Waals surface area contributed by atoms with Gasteiger partial charge in [-0.05, 0) is 97.3 Å². The second-order valence-electron chi connectivity index (χ2n) is 9.48. The number of carbonyl (C=O) groups excluding carboxylic acids is 1. The number of aromatic nitrogens is 1. The summed E-state index contributed by atoms with van der Waals surface area (Å²) in [7, 11) is 0. The van der Waals surface area contributed by atoms with E-state index in [9.17, 15) is 4.79 Å². The predicted octanol–water partition coefficient (Wildman–Crippen LogP) is 8.50. The number of rotatable bonds is 10. The maximum atomic E-state index is 12.8. The highest BCUT2D eigenvalue weighted by atomic mass is 35.5. The molecule has 5 aromatic rings. The highest BCUT2D eigenvalue weighted by Crippen LogP contribution is 2.30. The van der Waals surface area contributed by atoms with Gasteiger partial charge in [0.15, 0.2) is 11.5 Å². The van der Waals surface area contributed by atoms with Crippen molar-refractivity contribution in [1.29, 1.82) is 0 Å². The van der Waals surface area contributed by atoms with E-state index in [1.165, 1.54) is 0 Å². The van der Waals surface area contributed by atoms with Gasteiger partial charge in [0.05, 0.1) is 28.6 Å². The Morgan fingerprint density at radius 1 is 0.857 bits per heavy atom. The first-order valence-electron chi connectivity index (χ1n) is 13.4. The fourth-order valence-corrected chi connectivity index (χ4v) is 4.81. The Hall–Kier alpha value is -4.52. The van der Waals surface area contributed by atoms with E-state index in [0.717, 1.165) is 33.8 Å². The van der Waals surface area contributed by atoms with Crippen LogP contribution in [0.2, 0.25) is 10.0 Å². The molecule has 0 aliphatic carbocycles. The zero-order chi connectivity index (χ0) is 29.5. The van der Waals surface area contributed by atoms with Crippen molar-refractivity contribution in [1.82, 2.24) is 9.99 Å².